The number of carbonyl (C=O) groups is 1. The Hall–Kier alpha value is -3.76. The Balaban J connectivity index is 1.23. The molecule has 0 aliphatic heterocycles. The van der Waals surface area contributed by atoms with E-state index in [2.05, 4.69) is 15.5 Å². The Morgan fingerprint density at radius 1 is 1.26 bits per heavy atom. The van der Waals surface area contributed by atoms with Crippen LogP contribution in [0.1, 0.15) is 34.4 Å². The van der Waals surface area contributed by atoms with Crippen LogP contribution >= 0.6 is 22.9 Å². The van der Waals surface area contributed by atoms with Crippen LogP contribution in [-0.2, 0) is 30.8 Å². The summed E-state index contributed by atoms with van der Waals surface area (Å²) in [5.41, 5.74) is 4.19. The molecule has 2 aromatic carbocycles. The number of amides is 1. The maximum absolute atomic E-state index is 14.0. The van der Waals surface area contributed by atoms with Crippen molar-refractivity contribution in [1.29, 1.82) is 0 Å². The van der Waals surface area contributed by atoms with Gasteiger partial charge < -0.3 is 9.47 Å². The summed E-state index contributed by atoms with van der Waals surface area (Å²) in [4.78, 5) is 31.9. The van der Waals surface area contributed by atoms with Crippen molar-refractivity contribution in [1.82, 2.24) is 15.0 Å². The Bertz CT molecular complexity index is 1580. The van der Waals surface area contributed by atoms with Crippen LogP contribution in [0.5, 0.6) is 11.5 Å². The maximum atomic E-state index is 14.0. The second kappa shape index (κ2) is 11.3. The normalized spacial score (nSPS) is 13.0. The van der Waals surface area contributed by atoms with Gasteiger partial charge in [0.25, 0.3) is 11.5 Å². The molecule has 1 aliphatic carbocycles. The van der Waals surface area contributed by atoms with Gasteiger partial charge in [0.15, 0.2) is 11.5 Å². The molecule has 0 saturated heterocycles. The zero-order valence-electron chi connectivity index (χ0n) is 20.5. The minimum atomic E-state index is -0.456. The van der Waals surface area contributed by atoms with E-state index in [0.29, 0.717) is 22.4 Å². The van der Waals surface area contributed by atoms with Gasteiger partial charge in [-0.05, 0) is 67.1 Å². The Morgan fingerprint density at radius 3 is 2.92 bits per heavy atom. The fourth-order valence-corrected chi connectivity index (χ4v) is 5.80. The number of hydrogen-bond donors (Lipinski definition) is 1. The van der Waals surface area contributed by atoms with Crippen LogP contribution in [0, 0.1) is 5.82 Å². The van der Waals surface area contributed by atoms with E-state index in [1.807, 2.05) is 0 Å². The summed E-state index contributed by atoms with van der Waals surface area (Å²) in [6.07, 6.45) is 6.88. The molecule has 0 radical (unpaired) electrons. The van der Waals surface area contributed by atoms with Gasteiger partial charge in [0, 0.05) is 10.4 Å². The molecule has 0 atom stereocenters. The van der Waals surface area contributed by atoms with E-state index in [1.54, 1.807) is 35.6 Å². The first-order valence-electron chi connectivity index (χ1n) is 12.0. The van der Waals surface area contributed by atoms with Crippen molar-refractivity contribution >= 4 is 45.3 Å². The van der Waals surface area contributed by atoms with Crippen LogP contribution in [0.15, 0.2) is 52.6 Å². The molecule has 1 N–H and O–H groups in total. The third-order valence-electron chi connectivity index (χ3n) is 6.28. The summed E-state index contributed by atoms with van der Waals surface area (Å²) < 4.78 is 26.4. The highest BCUT2D eigenvalue weighted by molar-refractivity contribution is 7.18. The molecule has 1 amide bonds. The predicted octanol–water partition coefficient (Wildman–Crippen LogP) is 4.87. The zero-order chi connectivity index (χ0) is 26.6. The SMILES string of the molecule is COc1cc(/C=N/NC(=O)Cn2cnc3sc4c(c3c2=O)CCCC4)ccc1OCc1c(F)cccc1Cl. The number of hydrogen-bond acceptors (Lipinski definition) is 7. The minimum absolute atomic E-state index is 0.0699. The highest BCUT2D eigenvalue weighted by Gasteiger charge is 2.20. The quantitative estimate of drug-likeness (QED) is 0.248. The number of aromatic nitrogens is 2. The molecule has 4 aromatic rings. The van der Waals surface area contributed by atoms with Crippen LogP contribution in [0.4, 0.5) is 4.39 Å². The number of fused-ring (bicyclic) bond motifs is 3. The number of rotatable bonds is 8. The lowest BCUT2D eigenvalue weighted by Crippen LogP contribution is -2.30. The highest BCUT2D eigenvalue weighted by Crippen LogP contribution is 2.33. The fraction of sp³-hybridized carbons (Fsp3) is 0.259. The van der Waals surface area contributed by atoms with Crippen molar-refractivity contribution in [2.45, 2.75) is 38.8 Å². The monoisotopic (exact) mass is 554 g/mol. The van der Waals surface area contributed by atoms with Crippen molar-refractivity contribution in [3.05, 3.63) is 85.5 Å². The van der Waals surface area contributed by atoms with Crippen molar-refractivity contribution in [2.75, 3.05) is 7.11 Å². The lowest BCUT2D eigenvalue weighted by atomic mass is 9.97. The average Bonchev–Trinajstić information content (AvgIpc) is 3.30. The number of nitrogens with zero attached hydrogens (tertiary/aromatic N) is 3. The van der Waals surface area contributed by atoms with Crippen LogP contribution in [0.25, 0.3) is 10.2 Å². The van der Waals surface area contributed by atoms with Gasteiger partial charge in [-0.1, -0.05) is 17.7 Å². The summed E-state index contributed by atoms with van der Waals surface area (Å²) in [6.45, 7) is -0.266. The third-order valence-corrected chi connectivity index (χ3v) is 7.83. The lowest BCUT2D eigenvalue weighted by Gasteiger charge is -2.12. The molecule has 0 saturated carbocycles. The highest BCUT2D eigenvalue weighted by atomic mass is 35.5. The fourth-order valence-electron chi connectivity index (χ4n) is 4.37. The molecule has 0 spiro atoms. The van der Waals surface area contributed by atoms with Gasteiger partial charge in [-0.15, -0.1) is 11.3 Å². The first-order valence-corrected chi connectivity index (χ1v) is 13.2. The van der Waals surface area contributed by atoms with Gasteiger partial charge in [-0.3, -0.25) is 14.2 Å². The van der Waals surface area contributed by atoms with Crippen molar-refractivity contribution < 1.29 is 18.7 Å². The third kappa shape index (κ3) is 5.41. The molecule has 1 aliphatic rings. The van der Waals surface area contributed by atoms with E-state index in [0.717, 1.165) is 36.1 Å². The minimum Gasteiger partial charge on any atom is -0.493 e. The van der Waals surface area contributed by atoms with E-state index in [4.69, 9.17) is 21.1 Å². The maximum Gasteiger partial charge on any atom is 0.262 e. The van der Waals surface area contributed by atoms with Crippen LogP contribution in [0.3, 0.4) is 0 Å². The average molecular weight is 555 g/mol. The van der Waals surface area contributed by atoms with E-state index in [9.17, 15) is 14.0 Å². The Kier molecular flexibility index (Phi) is 7.71. The molecule has 38 heavy (non-hydrogen) atoms. The summed E-state index contributed by atoms with van der Waals surface area (Å²) in [5, 5.41) is 4.90. The molecule has 0 bridgehead atoms. The second-order valence-corrected chi connectivity index (χ2v) is 10.3. The molecule has 11 heteroatoms. The first-order chi connectivity index (χ1) is 18.4. The summed E-state index contributed by atoms with van der Waals surface area (Å²) in [6, 6.07) is 9.45. The zero-order valence-corrected chi connectivity index (χ0v) is 22.1. The van der Waals surface area contributed by atoms with E-state index in [1.165, 1.54) is 41.2 Å². The summed E-state index contributed by atoms with van der Waals surface area (Å²) >= 11 is 7.63. The molecule has 8 nitrogen and oxygen atoms in total. The van der Waals surface area contributed by atoms with E-state index < -0.39 is 11.7 Å². The predicted molar refractivity (Wildman–Crippen MR) is 145 cm³/mol. The second-order valence-electron chi connectivity index (χ2n) is 8.76. The van der Waals surface area contributed by atoms with Crippen molar-refractivity contribution in [2.24, 2.45) is 5.10 Å². The number of hydrazone groups is 1. The summed E-state index contributed by atoms with van der Waals surface area (Å²) in [5.74, 6) is -0.116. The summed E-state index contributed by atoms with van der Waals surface area (Å²) in [7, 11) is 1.48. The molecule has 5 rings (SSSR count). The van der Waals surface area contributed by atoms with Crippen LogP contribution < -0.4 is 20.5 Å². The number of carbonyl (C=O) groups excluding carboxylic acids is 1. The molecular weight excluding hydrogens is 531 g/mol. The number of methoxy groups -OCH3 is 1. The molecular formula is C27H24ClFN4O4S. The number of nitrogens with one attached hydrogen (secondary N) is 1. The number of aryl methyl sites for hydroxylation is 2. The van der Waals surface area contributed by atoms with Gasteiger partial charge in [-0.25, -0.2) is 14.8 Å². The smallest absolute Gasteiger partial charge is 0.262 e. The topological polar surface area (TPSA) is 94.8 Å². The first kappa shape index (κ1) is 25.9. The number of halogens is 2. The molecule has 196 valence electrons. The van der Waals surface area contributed by atoms with Crippen LogP contribution in [-0.4, -0.2) is 28.8 Å². The molecule has 0 fully saturated rings. The largest absolute Gasteiger partial charge is 0.493 e. The number of benzene rings is 2. The number of thiophene rings is 1. The van der Waals surface area contributed by atoms with Gasteiger partial charge in [0.1, 0.15) is 23.8 Å². The van der Waals surface area contributed by atoms with Gasteiger partial charge >= 0.3 is 0 Å². The van der Waals surface area contributed by atoms with E-state index >= 15 is 0 Å². The van der Waals surface area contributed by atoms with Gasteiger partial charge in [-0.2, -0.15) is 5.10 Å². The standard InChI is InChI=1S/C27H24ClFN4O4S/c1-36-22-11-16(9-10-21(22)37-14-18-19(28)6-4-7-20(18)29)12-31-32-24(34)13-33-15-30-26-25(27(33)35)17-5-2-3-8-23(17)38-26/h4,6-7,9-12,15H,2-3,5,8,13-14H2,1H3,(H,32,34)/b31-12+. The van der Waals surface area contributed by atoms with Crippen molar-refractivity contribution in [3.63, 3.8) is 0 Å². The molecule has 2 aromatic heterocycles. The Labute approximate surface area is 226 Å². The van der Waals surface area contributed by atoms with Crippen LogP contribution in [0.2, 0.25) is 5.02 Å². The van der Waals surface area contributed by atoms with Crippen molar-refractivity contribution in [3.8, 4) is 11.5 Å². The van der Waals surface area contributed by atoms with Gasteiger partial charge in [0.2, 0.25) is 0 Å². The molecule has 0 unspecified atom stereocenters. The number of ether oxygens (including phenoxy) is 2. The van der Waals surface area contributed by atoms with Gasteiger partial charge in [0.05, 0.1) is 30.1 Å². The Morgan fingerprint density at radius 2 is 2.11 bits per heavy atom. The molecule has 2 heterocycles. The lowest BCUT2D eigenvalue weighted by molar-refractivity contribution is -0.121. The van der Waals surface area contributed by atoms with E-state index in [-0.39, 0.29) is 29.3 Å².